The van der Waals surface area contributed by atoms with Crippen LogP contribution in [-0.4, -0.2) is 58.3 Å². The van der Waals surface area contributed by atoms with Gasteiger partial charge in [0.1, 0.15) is 0 Å². The van der Waals surface area contributed by atoms with Gasteiger partial charge in [0.2, 0.25) is 5.91 Å². The molecule has 0 unspecified atom stereocenters. The number of nitrogens with one attached hydrogen (secondary N) is 1. The summed E-state index contributed by atoms with van der Waals surface area (Å²) < 4.78 is 0. The fraction of sp³-hybridized carbons (Fsp3) is 0.240. The summed E-state index contributed by atoms with van der Waals surface area (Å²) >= 11 is 0.876. The maximum Gasteiger partial charge on any atom is 0.293 e. The van der Waals surface area contributed by atoms with Gasteiger partial charge < -0.3 is 5.32 Å². The molecule has 1 fully saturated rings. The number of benzene rings is 2. The molecule has 0 atom stereocenters. The van der Waals surface area contributed by atoms with E-state index in [1.807, 2.05) is 37.3 Å². The van der Waals surface area contributed by atoms with Crippen molar-refractivity contribution >= 4 is 46.7 Å². The highest BCUT2D eigenvalue weighted by molar-refractivity contribution is 8.18. The van der Waals surface area contributed by atoms with Crippen molar-refractivity contribution in [3.8, 4) is 0 Å². The van der Waals surface area contributed by atoms with Crippen LogP contribution in [0.25, 0.3) is 6.08 Å². The zero-order valence-electron chi connectivity index (χ0n) is 18.6. The van der Waals surface area contributed by atoms with Crippen molar-refractivity contribution in [1.29, 1.82) is 0 Å². The summed E-state index contributed by atoms with van der Waals surface area (Å²) in [7, 11) is 0. The Labute approximate surface area is 201 Å². The van der Waals surface area contributed by atoms with Gasteiger partial charge in [-0.3, -0.25) is 33.8 Å². The lowest BCUT2D eigenvalue weighted by atomic mass is 10.1. The van der Waals surface area contributed by atoms with Gasteiger partial charge in [-0.2, -0.15) is 0 Å². The van der Waals surface area contributed by atoms with Gasteiger partial charge in [0.25, 0.3) is 23.0 Å². The molecule has 0 radical (unpaired) electrons. The molecule has 4 rings (SSSR count). The van der Waals surface area contributed by atoms with Crippen molar-refractivity contribution in [3.05, 3.63) is 75.7 Å². The molecule has 2 aliphatic heterocycles. The minimum atomic E-state index is -0.381. The van der Waals surface area contributed by atoms with Gasteiger partial charge in [-0.1, -0.05) is 42.0 Å². The van der Waals surface area contributed by atoms with E-state index in [0.29, 0.717) is 22.5 Å². The largest absolute Gasteiger partial charge is 0.354 e. The smallest absolute Gasteiger partial charge is 0.293 e. The van der Waals surface area contributed by atoms with Gasteiger partial charge in [0.05, 0.1) is 16.0 Å². The number of fused-ring (bicyclic) bond motifs is 1. The number of hydrogen-bond acceptors (Lipinski definition) is 6. The molecule has 1 N–H and O–H groups in total. The van der Waals surface area contributed by atoms with E-state index in [2.05, 4.69) is 5.32 Å². The first kappa shape index (κ1) is 23.4. The van der Waals surface area contributed by atoms with Crippen LogP contribution in [0.5, 0.6) is 0 Å². The third kappa shape index (κ3) is 4.94. The van der Waals surface area contributed by atoms with Crippen molar-refractivity contribution in [3.63, 3.8) is 0 Å². The number of hydrogen-bond donors (Lipinski definition) is 1. The quantitative estimate of drug-likeness (QED) is 0.463. The minimum Gasteiger partial charge on any atom is -0.354 e. The van der Waals surface area contributed by atoms with Crippen LogP contribution >= 0.6 is 11.8 Å². The second-order valence-electron chi connectivity index (χ2n) is 8.01. The lowest BCUT2D eigenvalue weighted by Crippen LogP contribution is -2.37. The number of rotatable bonds is 8. The van der Waals surface area contributed by atoms with Gasteiger partial charge in [-0.15, -0.1) is 0 Å². The SMILES string of the molecule is Cc1ccc2c(c1)C(=O)N(CCCC(=O)NCCN1C(=O)S/C(=C\c3ccccc3)C1=O)C2=O. The Hall–Kier alpha value is -3.72. The van der Waals surface area contributed by atoms with Crippen LogP contribution in [0, 0.1) is 6.92 Å². The van der Waals surface area contributed by atoms with Crippen LogP contribution in [0.2, 0.25) is 0 Å². The van der Waals surface area contributed by atoms with Crippen molar-refractivity contribution < 1.29 is 24.0 Å². The third-order valence-corrected chi connectivity index (χ3v) is 6.45. The first-order valence-electron chi connectivity index (χ1n) is 10.9. The molecule has 2 aromatic carbocycles. The molecule has 34 heavy (non-hydrogen) atoms. The topological polar surface area (TPSA) is 104 Å². The molecular formula is C25H23N3O5S. The summed E-state index contributed by atoms with van der Waals surface area (Å²) in [5.74, 6) is -1.34. The Morgan fingerprint density at radius 2 is 1.65 bits per heavy atom. The Balaban J connectivity index is 1.21. The summed E-state index contributed by atoms with van der Waals surface area (Å²) in [4.78, 5) is 64.5. The summed E-state index contributed by atoms with van der Waals surface area (Å²) in [6.07, 6.45) is 2.10. The predicted octanol–water partition coefficient (Wildman–Crippen LogP) is 3.22. The van der Waals surface area contributed by atoms with Crippen molar-refractivity contribution in [2.45, 2.75) is 19.8 Å². The number of carbonyl (C=O) groups is 5. The molecule has 1 saturated heterocycles. The number of imide groups is 2. The number of thioether (sulfide) groups is 1. The maximum atomic E-state index is 12.5. The van der Waals surface area contributed by atoms with Crippen molar-refractivity contribution in [2.24, 2.45) is 0 Å². The first-order chi connectivity index (χ1) is 16.3. The van der Waals surface area contributed by atoms with Crippen molar-refractivity contribution in [1.82, 2.24) is 15.1 Å². The lowest BCUT2D eigenvalue weighted by Gasteiger charge is -2.14. The highest BCUT2D eigenvalue weighted by atomic mass is 32.2. The van der Waals surface area contributed by atoms with Crippen LogP contribution in [-0.2, 0) is 9.59 Å². The zero-order valence-corrected chi connectivity index (χ0v) is 19.4. The van der Waals surface area contributed by atoms with Crippen molar-refractivity contribution in [2.75, 3.05) is 19.6 Å². The van der Waals surface area contributed by atoms with Crippen LogP contribution in [0.1, 0.15) is 44.7 Å². The van der Waals surface area contributed by atoms with Gasteiger partial charge in [-0.05, 0) is 48.9 Å². The third-order valence-electron chi connectivity index (χ3n) is 5.54. The van der Waals surface area contributed by atoms with Gasteiger partial charge in [0, 0.05) is 26.1 Å². The van der Waals surface area contributed by atoms with E-state index in [4.69, 9.17) is 0 Å². The van der Waals surface area contributed by atoms with E-state index in [-0.39, 0.29) is 54.9 Å². The average molecular weight is 478 g/mol. The molecule has 0 saturated carbocycles. The monoisotopic (exact) mass is 477 g/mol. The molecule has 2 heterocycles. The molecule has 0 spiro atoms. The Kier molecular flexibility index (Phi) is 6.93. The van der Waals surface area contributed by atoms with Crippen LogP contribution in [0.15, 0.2) is 53.4 Å². The molecule has 2 aliphatic rings. The number of carbonyl (C=O) groups excluding carboxylic acids is 5. The van der Waals surface area contributed by atoms with E-state index in [1.54, 1.807) is 24.3 Å². The lowest BCUT2D eigenvalue weighted by molar-refractivity contribution is -0.124. The Bertz CT molecular complexity index is 1210. The van der Waals surface area contributed by atoms with Crippen LogP contribution in [0.3, 0.4) is 0 Å². The second-order valence-corrected chi connectivity index (χ2v) is 9.00. The normalized spacial score (nSPS) is 16.6. The maximum absolute atomic E-state index is 12.5. The van der Waals surface area contributed by atoms with Gasteiger partial charge >= 0.3 is 0 Å². The zero-order chi connectivity index (χ0) is 24.2. The van der Waals surface area contributed by atoms with Gasteiger partial charge in [0.15, 0.2) is 0 Å². The summed E-state index contributed by atoms with van der Waals surface area (Å²) in [6, 6.07) is 14.4. The highest BCUT2D eigenvalue weighted by Gasteiger charge is 2.36. The van der Waals surface area contributed by atoms with E-state index < -0.39 is 0 Å². The van der Waals surface area contributed by atoms with E-state index in [9.17, 15) is 24.0 Å². The fourth-order valence-electron chi connectivity index (χ4n) is 3.79. The Morgan fingerprint density at radius 1 is 0.912 bits per heavy atom. The Morgan fingerprint density at radius 3 is 2.41 bits per heavy atom. The highest BCUT2D eigenvalue weighted by Crippen LogP contribution is 2.31. The molecule has 5 amide bonds. The molecule has 0 bridgehead atoms. The average Bonchev–Trinajstić information content (AvgIpc) is 3.21. The first-order valence-corrected chi connectivity index (χ1v) is 11.7. The molecule has 2 aromatic rings. The standard InChI is InChI=1S/C25H23N3O5S/c1-16-9-10-18-19(14-16)23(31)27(22(18)30)12-5-8-21(29)26-11-13-28-24(32)20(34-25(28)33)15-17-6-3-2-4-7-17/h2-4,6-7,9-10,14-15H,5,8,11-13H2,1H3,(H,26,29)/b20-15-. The molecular weight excluding hydrogens is 454 g/mol. The van der Waals surface area contributed by atoms with E-state index in [1.165, 1.54) is 0 Å². The molecule has 9 heteroatoms. The molecule has 8 nitrogen and oxygen atoms in total. The molecule has 174 valence electrons. The summed E-state index contributed by atoms with van der Waals surface area (Å²) in [5, 5.41) is 2.31. The summed E-state index contributed by atoms with van der Waals surface area (Å²) in [6.45, 7) is 2.20. The van der Waals surface area contributed by atoms with Gasteiger partial charge in [-0.25, -0.2) is 0 Å². The van der Waals surface area contributed by atoms with Crippen LogP contribution in [0.4, 0.5) is 4.79 Å². The molecule has 0 aliphatic carbocycles. The number of amides is 5. The van der Waals surface area contributed by atoms with E-state index >= 15 is 0 Å². The number of nitrogens with zero attached hydrogens (tertiary/aromatic N) is 2. The number of aryl methyl sites for hydroxylation is 1. The fourth-order valence-corrected chi connectivity index (χ4v) is 4.66. The predicted molar refractivity (Wildman–Crippen MR) is 128 cm³/mol. The second kappa shape index (κ2) is 10.0. The summed E-state index contributed by atoms with van der Waals surface area (Å²) in [5.41, 5.74) is 2.51. The van der Waals surface area contributed by atoms with E-state index in [0.717, 1.165) is 32.7 Å². The molecule has 0 aromatic heterocycles. The van der Waals surface area contributed by atoms with Crippen LogP contribution < -0.4 is 5.32 Å². The minimum absolute atomic E-state index is 0.0697.